The van der Waals surface area contributed by atoms with Crippen molar-refractivity contribution in [2.24, 2.45) is 17.8 Å². The average Bonchev–Trinajstić information content (AvgIpc) is 2.85. The minimum absolute atomic E-state index is 0.330. The van der Waals surface area contributed by atoms with Crippen LogP contribution in [0, 0.1) is 17.8 Å². The summed E-state index contributed by atoms with van der Waals surface area (Å²) in [7, 11) is -3.38. The monoisotopic (exact) mass is 491 g/mol. The predicted octanol–water partition coefficient (Wildman–Crippen LogP) is 8.58. The van der Waals surface area contributed by atoms with Crippen molar-refractivity contribution in [1.82, 2.24) is 0 Å². The summed E-state index contributed by atoms with van der Waals surface area (Å²) in [6, 6.07) is 30.8. The second kappa shape index (κ2) is 12.3. The topological polar surface area (TPSA) is 26.8 Å². The van der Waals surface area contributed by atoms with Gasteiger partial charge >= 0.3 is 7.59 Å². The molecular weight excluding hydrogens is 449 g/mol. The maximum Gasteiger partial charge on any atom is 0.360 e. The van der Waals surface area contributed by atoms with E-state index >= 15 is 4.57 Å². The number of hydrogen-bond donors (Lipinski definition) is 0. The minimum atomic E-state index is -3.38. The maximum atomic E-state index is 16.1. The normalized spacial score (nSPS) is 11.8. The van der Waals surface area contributed by atoms with Crippen LogP contribution in [-0.2, 0) is 4.57 Å². The van der Waals surface area contributed by atoms with Gasteiger partial charge in [0.1, 0.15) is 0 Å². The number of rotatable bonds is 12. The van der Waals surface area contributed by atoms with Crippen LogP contribution in [0.2, 0.25) is 0 Å². The number of anilines is 3. The summed E-state index contributed by atoms with van der Waals surface area (Å²) in [6.45, 7) is 15.2. The van der Waals surface area contributed by atoms with Gasteiger partial charge in [0.05, 0.1) is 0 Å². The Morgan fingerprint density at radius 1 is 0.486 bits per heavy atom. The third kappa shape index (κ3) is 6.70. The summed E-state index contributed by atoms with van der Waals surface area (Å²) in [5, 5.41) is 0. The molecule has 3 aromatic carbocycles. The van der Waals surface area contributed by atoms with Gasteiger partial charge in [-0.15, -0.1) is 0 Å². The van der Waals surface area contributed by atoms with Gasteiger partial charge in [0, 0.05) is 36.7 Å². The Kier molecular flexibility index (Phi) is 9.46. The maximum absolute atomic E-state index is 16.1. The van der Waals surface area contributed by atoms with E-state index in [2.05, 4.69) is 92.0 Å². The van der Waals surface area contributed by atoms with E-state index in [1.54, 1.807) is 0 Å². The zero-order valence-electron chi connectivity index (χ0n) is 22.2. The van der Waals surface area contributed by atoms with Crippen molar-refractivity contribution in [2.45, 2.75) is 41.5 Å². The number of benzene rings is 3. The molecule has 0 spiro atoms. The Morgan fingerprint density at radius 3 is 0.914 bits per heavy atom. The molecule has 0 bridgehead atoms. The second-order valence-corrected chi connectivity index (χ2v) is 12.9. The van der Waals surface area contributed by atoms with E-state index in [-0.39, 0.29) is 0 Å². The van der Waals surface area contributed by atoms with Crippen molar-refractivity contribution < 1.29 is 4.57 Å². The molecular formula is C30H42N3OP. The van der Waals surface area contributed by atoms with Crippen LogP contribution in [-0.4, -0.2) is 19.6 Å². The van der Waals surface area contributed by atoms with Crippen molar-refractivity contribution >= 4 is 24.7 Å². The van der Waals surface area contributed by atoms with Gasteiger partial charge < -0.3 is 0 Å². The predicted molar refractivity (Wildman–Crippen MR) is 153 cm³/mol. The molecule has 0 atom stereocenters. The lowest BCUT2D eigenvalue weighted by Crippen LogP contribution is -2.45. The average molecular weight is 492 g/mol. The van der Waals surface area contributed by atoms with Gasteiger partial charge in [-0.1, -0.05) is 96.1 Å². The Bertz CT molecular complexity index is 918. The highest BCUT2D eigenvalue weighted by Gasteiger charge is 2.44. The summed E-state index contributed by atoms with van der Waals surface area (Å²) >= 11 is 0. The third-order valence-corrected chi connectivity index (χ3v) is 8.79. The highest BCUT2D eigenvalue weighted by atomic mass is 31.2. The molecule has 5 heteroatoms. The standard InChI is InChI=1S/C30H42N3OP/c1-25(2)22-31(28-16-10-7-11-17-28)35(34,32(23-26(3)4)29-18-12-8-13-19-29)33(24-27(5)6)30-20-14-9-15-21-30/h7-21,25-27H,22-24H2,1-6H3. The molecule has 0 radical (unpaired) electrons. The Morgan fingerprint density at radius 2 is 0.714 bits per heavy atom. The van der Waals surface area contributed by atoms with E-state index in [9.17, 15) is 0 Å². The molecule has 4 nitrogen and oxygen atoms in total. The van der Waals surface area contributed by atoms with Gasteiger partial charge in [0.15, 0.2) is 0 Å². The lowest BCUT2D eigenvalue weighted by molar-refractivity contribution is 0.540. The van der Waals surface area contributed by atoms with E-state index in [1.165, 1.54) is 0 Å². The lowest BCUT2D eigenvalue weighted by Gasteiger charge is -2.49. The first kappa shape index (κ1) is 26.9. The fraction of sp³-hybridized carbons (Fsp3) is 0.400. The molecule has 0 unspecified atom stereocenters. The SMILES string of the molecule is CC(C)CN(c1ccccc1)P(=O)(N(CC(C)C)c1ccccc1)N(CC(C)C)c1ccccc1. The van der Waals surface area contributed by atoms with Crippen LogP contribution in [0.4, 0.5) is 17.1 Å². The van der Waals surface area contributed by atoms with Gasteiger partial charge in [-0.2, -0.15) is 0 Å². The van der Waals surface area contributed by atoms with Crippen LogP contribution < -0.4 is 14.0 Å². The first-order valence-corrected chi connectivity index (χ1v) is 14.4. The highest BCUT2D eigenvalue weighted by Crippen LogP contribution is 2.61. The van der Waals surface area contributed by atoms with Crippen LogP contribution >= 0.6 is 7.59 Å². The zero-order chi connectivity index (χ0) is 25.4. The number of hydrogen-bond acceptors (Lipinski definition) is 1. The lowest BCUT2D eigenvalue weighted by atomic mass is 10.2. The fourth-order valence-corrected chi connectivity index (χ4v) is 8.02. The Labute approximate surface area is 213 Å². The number of para-hydroxylation sites is 3. The molecule has 0 aromatic heterocycles. The van der Waals surface area contributed by atoms with Crippen LogP contribution in [0.1, 0.15) is 41.5 Å². The Hall–Kier alpha value is -2.71. The minimum Gasteiger partial charge on any atom is -0.290 e. The summed E-state index contributed by atoms with van der Waals surface area (Å²) < 4.78 is 22.6. The smallest absolute Gasteiger partial charge is 0.290 e. The van der Waals surface area contributed by atoms with Crippen LogP contribution in [0.3, 0.4) is 0 Å². The van der Waals surface area contributed by atoms with Gasteiger partial charge in [0.25, 0.3) is 0 Å². The van der Waals surface area contributed by atoms with E-state index < -0.39 is 7.59 Å². The molecule has 0 heterocycles. The molecule has 0 fully saturated rings. The van der Waals surface area contributed by atoms with Crippen molar-refractivity contribution in [3.05, 3.63) is 91.0 Å². The summed E-state index contributed by atoms with van der Waals surface area (Å²) in [4.78, 5) is 0. The second-order valence-electron chi connectivity index (χ2n) is 10.4. The van der Waals surface area contributed by atoms with Crippen molar-refractivity contribution in [3.63, 3.8) is 0 Å². The van der Waals surface area contributed by atoms with E-state index in [4.69, 9.17) is 0 Å². The molecule has 0 aliphatic heterocycles. The molecule has 0 saturated heterocycles. The van der Waals surface area contributed by atoms with Gasteiger partial charge in [0.2, 0.25) is 0 Å². The largest absolute Gasteiger partial charge is 0.360 e. The summed E-state index contributed by atoms with van der Waals surface area (Å²) in [6.07, 6.45) is 0. The molecule has 35 heavy (non-hydrogen) atoms. The van der Waals surface area contributed by atoms with Crippen LogP contribution in [0.25, 0.3) is 0 Å². The molecule has 0 aliphatic rings. The van der Waals surface area contributed by atoms with Crippen LogP contribution in [0.15, 0.2) is 91.0 Å². The molecule has 3 rings (SSSR count). The van der Waals surface area contributed by atoms with Crippen molar-refractivity contribution in [2.75, 3.05) is 33.6 Å². The van der Waals surface area contributed by atoms with Crippen LogP contribution in [0.5, 0.6) is 0 Å². The quantitative estimate of drug-likeness (QED) is 0.237. The molecule has 0 aliphatic carbocycles. The van der Waals surface area contributed by atoms with E-state index in [0.29, 0.717) is 37.4 Å². The molecule has 188 valence electrons. The fourth-order valence-electron chi connectivity index (χ4n) is 4.32. The highest BCUT2D eigenvalue weighted by molar-refractivity contribution is 7.68. The zero-order valence-corrected chi connectivity index (χ0v) is 23.1. The Balaban J connectivity index is 2.35. The van der Waals surface area contributed by atoms with Gasteiger partial charge in [-0.25, -0.2) is 4.57 Å². The van der Waals surface area contributed by atoms with Crippen molar-refractivity contribution in [3.8, 4) is 0 Å². The van der Waals surface area contributed by atoms with Gasteiger partial charge in [-0.3, -0.25) is 14.0 Å². The number of nitrogens with zero attached hydrogens (tertiary/aromatic N) is 3. The van der Waals surface area contributed by atoms with E-state index in [1.807, 2.05) is 54.6 Å². The third-order valence-electron chi connectivity index (χ3n) is 5.72. The molecule has 0 amide bonds. The molecule has 0 N–H and O–H groups in total. The first-order valence-electron chi connectivity index (χ1n) is 12.8. The molecule has 0 saturated carbocycles. The summed E-state index contributed by atoms with van der Waals surface area (Å²) in [5.74, 6) is 0.991. The van der Waals surface area contributed by atoms with E-state index in [0.717, 1.165) is 17.1 Å². The van der Waals surface area contributed by atoms with Gasteiger partial charge in [-0.05, 0) is 54.2 Å². The van der Waals surface area contributed by atoms with Crippen molar-refractivity contribution in [1.29, 1.82) is 0 Å². The molecule has 3 aromatic rings. The first-order chi connectivity index (χ1) is 16.7. The summed E-state index contributed by atoms with van der Waals surface area (Å²) in [5.41, 5.74) is 2.96.